The molecule has 0 radical (unpaired) electrons. The van der Waals surface area contributed by atoms with Gasteiger partial charge in [-0.3, -0.25) is 0 Å². The van der Waals surface area contributed by atoms with Crippen molar-refractivity contribution < 1.29 is 9.90 Å². The molecule has 0 aliphatic carbocycles. The Morgan fingerprint density at radius 3 is 2.64 bits per heavy atom. The van der Waals surface area contributed by atoms with E-state index in [-0.39, 0.29) is 5.57 Å². The summed E-state index contributed by atoms with van der Waals surface area (Å²) in [6.45, 7) is 3.71. The highest BCUT2D eigenvalue weighted by Crippen LogP contribution is 1.94. The van der Waals surface area contributed by atoms with Crippen LogP contribution in [0.3, 0.4) is 0 Å². The van der Waals surface area contributed by atoms with Gasteiger partial charge in [0.15, 0.2) is 0 Å². The van der Waals surface area contributed by atoms with E-state index in [0.717, 1.165) is 6.42 Å². The summed E-state index contributed by atoms with van der Waals surface area (Å²) in [5, 5.41) is 8.56. The van der Waals surface area contributed by atoms with Crippen molar-refractivity contribution in [2.45, 2.75) is 20.3 Å². The van der Waals surface area contributed by atoms with Gasteiger partial charge in [-0.05, 0) is 25.5 Å². The van der Waals surface area contributed by atoms with Gasteiger partial charge in [-0.1, -0.05) is 13.0 Å². The van der Waals surface area contributed by atoms with Gasteiger partial charge < -0.3 is 5.11 Å². The van der Waals surface area contributed by atoms with Crippen LogP contribution in [-0.4, -0.2) is 11.1 Å². The molecule has 0 aromatic rings. The Morgan fingerprint density at radius 1 is 1.64 bits per heavy atom. The summed E-state index contributed by atoms with van der Waals surface area (Å²) in [5.41, 5.74) is 2.88. The minimum atomic E-state index is -0.937. The van der Waals surface area contributed by atoms with E-state index in [0.29, 0.717) is 0 Å². The Balaban J connectivity index is 4.59. The maximum Gasteiger partial charge on any atom is 0.343 e. The molecule has 0 aliphatic rings. The average Bonchev–Trinajstić information content (AvgIpc) is 1.97. The lowest BCUT2D eigenvalue weighted by atomic mass is 10.2. The first-order chi connectivity index (χ1) is 5.22. The highest BCUT2D eigenvalue weighted by molar-refractivity contribution is 5.89. The molecular weight excluding hydrogens is 140 g/mol. The average molecular weight is 152 g/mol. The van der Waals surface area contributed by atoms with Gasteiger partial charge in [0.25, 0.3) is 0 Å². The lowest BCUT2D eigenvalue weighted by Gasteiger charge is -1.86. The summed E-state index contributed by atoms with van der Waals surface area (Å²) in [7, 11) is 0. The van der Waals surface area contributed by atoms with E-state index in [2.05, 4.69) is 5.73 Å². The number of carboxylic acids is 1. The third kappa shape index (κ3) is 4.18. The zero-order valence-corrected chi connectivity index (χ0v) is 6.79. The van der Waals surface area contributed by atoms with E-state index in [9.17, 15) is 4.79 Å². The monoisotopic (exact) mass is 152 g/mol. The fourth-order valence-electron chi connectivity index (χ4n) is 0.560. The first kappa shape index (κ1) is 9.73. The topological polar surface area (TPSA) is 37.3 Å². The Labute approximate surface area is 66.5 Å². The molecule has 0 atom stereocenters. The highest BCUT2D eigenvalue weighted by atomic mass is 16.4. The van der Waals surface area contributed by atoms with Crippen molar-refractivity contribution >= 4 is 5.97 Å². The third-order valence-electron chi connectivity index (χ3n) is 1.03. The van der Waals surface area contributed by atoms with Crippen molar-refractivity contribution in [3.63, 3.8) is 0 Å². The van der Waals surface area contributed by atoms with Gasteiger partial charge in [-0.25, -0.2) is 4.79 Å². The van der Waals surface area contributed by atoms with Crippen LogP contribution in [0.1, 0.15) is 20.3 Å². The minimum absolute atomic E-state index is 0.203. The van der Waals surface area contributed by atoms with Crippen LogP contribution in [0.25, 0.3) is 0 Å². The van der Waals surface area contributed by atoms with Crippen molar-refractivity contribution in [3.8, 4) is 0 Å². The van der Waals surface area contributed by atoms with Gasteiger partial charge in [0.2, 0.25) is 0 Å². The zero-order valence-electron chi connectivity index (χ0n) is 6.79. The van der Waals surface area contributed by atoms with Gasteiger partial charge in [0.1, 0.15) is 5.57 Å². The second-order valence-corrected chi connectivity index (χ2v) is 1.98. The molecule has 1 N–H and O–H groups in total. The first-order valence-corrected chi connectivity index (χ1v) is 3.53. The van der Waals surface area contributed by atoms with Gasteiger partial charge in [-0.2, -0.15) is 0 Å². The van der Waals surface area contributed by atoms with Crippen molar-refractivity contribution in [2.24, 2.45) is 0 Å². The van der Waals surface area contributed by atoms with E-state index in [1.165, 1.54) is 6.08 Å². The zero-order chi connectivity index (χ0) is 8.69. The number of rotatable bonds is 3. The van der Waals surface area contributed by atoms with Crippen LogP contribution in [0.5, 0.6) is 0 Å². The predicted octanol–water partition coefficient (Wildman–Crippen LogP) is 2.14. The first-order valence-electron chi connectivity index (χ1n) is 3.53. The quantitative estimate of drug-likeness (QED) is 0.382. The molecule has 0 spiro atoms. The molecule has 0 amide bonds. The number of carbonyl (C=O) groups is 1. The van der Waals surface area contributed by atoms with Crippen LogP contribution in [0.2, 0.25) is 0 Å². The van der Waals surface area contributed by atoms with Crippen LogP contribution < -0.4 is 0 Å². The minimum Gasteiger partial charge on any atom is -0.477 e. The second-order valence-electron chi connectivity index (χ2n) is 1.98. The smallest absolute Gasteiger partial charge is 0.343 e. The Bertz CT molecular complexity index is 218. The summed E-state index contributed by atoms with van der Waals surface area (Å²) in [4.78, 5) is 10.4. The third-order valence-corrected chi connectivity index (χ3v) is 1.03. The molecule has 0 unspecified atom stereocenters. The van der Waals surface area contributed by atoms with E-state index in [4.69, 9.17) is 5.11 Å². The molecular formula is C9H12O2. The largest absolute Gasteiger partial charge is 0.477 e. The fourth-order valence-corrected chi connectivity index (χ4v) is 0.560. The number of hydrogen-bond donors (Lipinski definition) is 1. The number of aliphatic carboxylic acids is 1. The number of carboxylic acid groups (broad SMARTS) is 1. The van der Waals surface area contributed by atoms with E-state index in [1.807, 2.05) is 6.92 Å². The molecule has 60 valence electrons. The van der Waals surface area contributed by atoms with E-state index < -0.39 is 5.97 Å². The summed E-state index contributed by atoms with van der Waals surface area (Å²) in [6, 6.07) is 0. The Morgan fingerprint density at radius 2 is 2.27 bits per heavy atom. The van der Waals surface area contributed by atoms with Crippen LogP contribution in [-0.2, 0) is 4.79 Å². The van der Waals surface area contributed by atoms with Gasteiger partial charge in [-0.15, -0.1) is 5.73 Å². The van der Waals surface area contributed by atoms with Crippen LogP contribution in [0, 0.1) is 0 Å². The molecule has 0 fully saturated rings. The fraction of sp³-hybridized carbons (Fsp3) is 0.333. The van der Waals surface area contributed by atoms with Crippen LogP contribution in [0.4, 0.5) is 0 Å². The SMILES string of the molecule is CC=CC(=C=CCC)C(=O)O. The molecule has 0 aliphatic heterocycles. The molecule has 2 nitrogen and oxygen atoms in total. The van der Waals surface area contributed by atoms with Crippen molar-refractivity contribution in [1.82, 2.24) is 0 Å². The Kier molecular flexibility index (Phi) is 4.87. The summed E-state index contributed by atoms with van der Waals surface area (Å²) in [5.74, 6) is -0.937. The molecule has 0 heterocycles. The highest BCUT2D eigenvalue weighted by Gasteiger charge is 1.98. The predicted molar refractivity (Wildman–Crippen MR) is 44.3 cm³/mol. The van der Waals surface area contributed by atoms with E-state index >= 15 is 0 Å². The molecule has 0 saturated heterocycles. The number of allylic oxidation sites excluding steroid dienone is 1. The molecule has 11 heavy (non-hydrogen) atoms. The van der Waals surface area contributed by atoms with Crippen molar-refractivity contribution in [3.05, 3.63) is 29.5 Å². The maximum absolute atomic E-state index is 10.4. The Hall–Kier alpha value is -1.27. The van der Waals surface area contributed by atoms with E-state index in [1.54, 1.807) is 19.1 Å². The normalized spacial score (nSPS) is 9.27. The van der Waals surface area contributed by atoms with Gasteiger partial charge in [0.05, 0.1) is 0 Å². The van der Waals surface area contributed by atoms with Crippen molar-refractivity contribution in [1.29, 1.82) is 0 Å². The maximum atomic E-state index is 10.4. The molecule has 0 aromatic carbocycles. The van der Waals surface area contributed by atoms with Crippen molar-refractivity contribution in [2.75, 3.05) is 0 Å². The standard InChI is InChI=1S/C9H12O2/c1-3-5-7-8(6-4-2)9(10)11/h4-6H,3H2,1-2H3,(H,10,11). The summed E-state index contributed by atoms with van der Waals surface area (Å²) in [6.07, 6.45) is 5.70. The lowest BCUT2D eigenvalue weighted by Crippen LogP contribution is -1.95. The number of hydrogen-bond acceptors (Lipinski definition) is 1. The van der Waals surface area contributed by atoms with Crippen LogP contribution in [0.15, 0.2) is 29.5 Å². The molecule has 0 bridgehead atoms. The second kappa shape index (κ2) is 5.51. The van der Waals surface area contributed by atoms with Crippen LogP contribution >= 0.6 is 0 Å². The molecule has 2 heteroatoms. The molecule has 0 saturated carbocycles. The summed E-state index contributed by atoms with van der Waals surface area (Å²) >= 11 is 0. The molecule has 0 rings (SSSR count). The molecule has 0 aromatic heterocycles. The van der Waals surface area contributed by atoms with Gasteiger partial charge >= 0.3 is 5.97 Å². The van der Waals surface area contributed by atoms with Gasteiger partial charge in [0, 0.05) is 0 Å². The lowest BCUT2D eigenvalue weighted by molar-refractivity contribution is -0.132. The summed E-state index contributed by atoms with van der Waals surface area (Å²) < 4.78 is 0.